The molecule has 13 heavy (non-hydrogen) atoms. The topological polar surface area (TPSA) is 43.1 Å². The van der Waals surface area contributed by atoms with E-state index in [1.54, 1.807) is 0 Å². The standard InChI is InChI=1S/C11H13NO/c1-2-10(11(12)13)8-9-6-4-3-5-7-9/h3-8H,2H2,1H3,(H2,12,13)/b10-8+. The van der Waals surface area contributed by atoms with Crippen molar-refractivity contribution in [2.45, 2.75) is 13.3 Å². The summed E-state index contributed by atoms with van der Waals surface area (Å²) in [7, 11) is 0. The van der Waals surface area contributed by atoms with Crippen LogP contribution in [0.15, 0.2) is 35.9 Å². The second kappa shape index (κ2) is 4.45. The van der Waals surface area contributed by atoms with Crippen molar-refractivity contribution in [3.05, 3.63) is 41.5 Å². The lowest BCUT2D eigenvalue weighted by molar-refractivity contribution is -0.114. The molecule has 0 aromatic heterocycles. The second-order valence-electron chi connectivity index (χ2n) is 2.80. The smallest absolute Gasteiger partial charge is 0.244 e. The van der Waals surface area contributed by atoms with Crippen molar-refractivity contribution in [1.29, 1.82) is 0 Å². The third-order valence-corrected chi connectivity index (χ3v) is 1.84. The van der Waals surface area contributed by atoms with Crippen LogP contribution in [0.25, 0.3) is 6.08 Å². The van der Waals surface area contributed by atoms with Crippen LogP contribution in [0, 0.1) is 0 Å². The van der Waals surface area contributed by atoms with Gasteiger partial charge in [0.25, 0.3) is 0 Å². The molecule has 0 saturated heterocycles. The number of nitrogens with two attached hydrogens (primary N) is 1. The van der Waals surface area contributed by atoms with Gasteiger partial charge in [0.15, 0.2) is 0 Å². The van der Waals surface area contributed by atoms with Gasteiger partial charge in [-0.1, -0.05) is 37.3 Å². The average molecular weight is 175 g/mol. The number of primary amides is 1. The highest BCUT2D eigenvalue weighted by molar-refractivity contribution is 5.96. The Morgan fingerprint density at radius 3 is 2.46 bits per heavy atom. The van der Waals surface area contributed by atoms with Crippen molar-refractivity contribution in [2.24, 2.45) is 5.73 Å². The van der Waals surface area contributed by atoms with Gasteiger partial charge in [-0.2, -0.15) is 0 Å². The largest absolute Gasteiger partial charge is 0.366 e. The fourth-order valence-corrected chi connectivity index (χ4v) is 1.10. The van der Waals surface area contributed by atoms with E-state index in [2.05, 4.69) is 0 Å². The number of hydrogen-bond acceptors (Lipinski definition) is 1. The fourth-order valence-electron chi connectivity index (χ4n) is 1.10. The maximum atomic E-state index is 10.9. The van der Waals surface area contributed by atoms with Crippen molar-refractivity contribution < 1.29 is 4.79 Å². The molecule has 68 valence electrons. The molecule has 0 aliphatic heterocycles. The number of rotatable bonds is 3. The van der Waals surface area contributed by atoms with Gasteiger partial charge in [-0.05, 0) is 18.1 Å². The zero-order valence-corrected chi connectivity index (χ0v) is 7.66. The Bertz CT molecular complexity index is 314. The lowest BCUT2D eigenvalue weighted by Crippen LogP contribution is -2.12. The molecular weight excluding hydrogens is 162 g/mol. The van der Waals surface area contributed by atoms with Gasteiger partial charge in [0.05, 0.1) is 0 Å². The summed E-state index contributed by atoms with van der Waals surface area (Å²) in [5.74, 6) is -0.341. The van der Waals surface area contributed by atoms with E-state index in [-0.39, 0.29) is 5.91 Å². The van der Waals surface area contributed by atoms with Crippen molar-refractivity contribution in [2.75, 3.05) is 0 Å². The highest BCUT2D eigenvalue weighted by Crippen LogP contribution is 2.08. The molecule has 0 heterocycles. The quantitative estimate of drug-likeness (QED) is 0.701. The SMILES string of the molecule is CC/C(=C\c1ccccc1)C(N)=O. The highest BCUT2D eigenvalue weighted by Gasteiger charge is 2.00. The summed E-state index contributed by atoms with van der Waals surface area (Å²) in [4.78, 5) is 10.9. The molecule has 0 aliphatic carbocycles. The van der Waals surface area contributed by atoms with Gasteiger partial charge in [0.2, 0.25) is 5.91 Å². The lowest BCUT2D eigenvalue weighted by Gasteiger charge is -1.98. The van der Waals surface area contributed by atoms with Crippen LogP contribution in [-0.2, 0) is 4.79 Å². The maximum absolute atomic E-state index is 10.9. The molecule has 0 aliphatic rings. The second-order valence-corrected chi connectivity index (χ2v) is 2.80. The summed E-state index contributed by atoms with van der Waals surface area (Å²) in [5.41, 5.74) is 6.86. The zero-order chi connectivity index (χ0) is 9.68. The maximum Gasteiger partial charge on any atom is 0.244 e. The normalized spacial score (nSPS) is 11.3. The Kier molecular flexibility index (Phi) is 3.26. The van der Waals surface area contributed by atoms with E-state index < -0.39 is 0 Å². The van der Waals surface area contributed by atoms with Gasteiger partial charge in [-0.15, -0.1) is 0 Å². The van der Waals surface area contributed by atoms with Gasteiger partial charge in [0.1, 0.15) is 0 Å². The molecule has 0 fully saturated rings. The Morgan fingerprint density at radius 1 is 1.38 bits per heavy atom. The van der Waals surface area contributed by atoms with E-state index in [0.29, 0.717) is 12.0 Å². The van der Waals surface area contributed by atoms with E-state index in [9.17, 15) is 4.79 Å². The van der Waals surface area contributed by atoms with Gasteiger partial charge >= 0.3 is 0 Å². The minimum absolute atomic E-state index is 0.341. The number of amides is 1. The molecule has 1 amide bonds. The first kappa shape index (κ1) is 9.52. The summed E-state index contributed by atoms with van der Waals surface area (Å²) < 4.78 is 0. The molecular formula is C11H13NO. The summed E-state index contributed by atoms with van der Waals surface area (Å²) in [6.07, 6.45) is 2.49. The molecule has 0 spiro atoms. The Labute approximate surface area is 78.1 Å². The van der Waals surface area contributed by atoms with E-state index in [0.717, 1.165) is 5.56 Å². The first-order chi connectivity index (χ1) is 6.24. The molecule has 1 aromatic carbocycles. The van der Waals surface area contributed by atoms with Crippen LogP contribution in [0.3, 0.4) is 0 Å². The molecule has 0 radical (unpaired) electrons. The van der Waals surface area contributed by atoms with Crippen molar-refractivity contribution in [3.8, 4) is 0 Å². The molecule has 0 saturated carbocycles. The summed E-state index contributed by atoms with van der Waals surface area (Å²) in [6.45, 7) is 1.92. The summed E-state index contributed by atoms with van der Waals surface area (Å²) in [6, 6.07) is 9.69. The number of benzene rings is 1. The van der Waals surface area contributed by atoms with Crippen LogP contribution in [-0.4, -0.2) is 5.91 Å². The van der Waals surface area contributed by atoms with E-state index in [1.807, 2.05) is 43.3 Å². The monoisotopic (exact) mass is 175 g/mol. The molecule has 2 N–H and O–H groups in total. The van der Waals surface area contributed by atoms with Crippen LogP contribution in [0.4, 0.5) is 0 Å². The molecule has 0 atom stereocenters. The summed E-state index contributed by atoms with van der Waals surface area (Å²) >= 11 is 0. The third kappa shape index (κ3) is 2.75. The number of carbonyl (C=O) groups is 1. The fraction of sp³-hybridized carbons (Fsp3) is 0.182. The Balaban J connectivity index is 2.92. The van der Waals surface area contributed by atoms with E-state index >= 15 is 0 Å². The average Bonchev–Trinajstić information content (AvgIpc) is 2.15. The molecule has 0 unspecified atom stereocenters. The van der Waals surface area contributed by atoms with Crippen LogP contribution >= 0.6 is 0 Å². The Morgan fingerprint density at radius 2 is 2.00 bits per heavy atom. The predicted octanol–water partition coefficient (Wildman–Crippen LogP) is 1.97. The first-order valence-corrected chi connectivity index (χ1v) is 4.29. The minimum Gasteiger partial charge on any atom is -0.366 e. The molecule has 2 heteroatoms. The number of carbonyl (C=O) groups excluding carboxylic acids is 1. The van der Waals surface area contributed by atoms with Crippen LogP contribution in [0.5, 0.6) is 0 Å². The van der Waals surface area contributed by atoms with Gasteiger partial charge < -0.3 is 5.73 Å². The minimum atomic E-state index is -0.341. The van der Waals surface area contributed by atoms with Crippen LogP contribution in [0.1, 0.15) is 18.9 Å². The molecule has 1 rings (SSSR count). The molecule has 0 bridgehead atoms. The number of hydrogen-bond donors (Lipinski definition) is 1. The van der Waals surface area contributed by atoms with Crippen molar-refractivity contribution in [1.82, 2.24) is 0 Å². The van der Waals surface area contributed by atoms with Crippen LogP contribution < -0.4 is 5.73 Å². The zero-order valence-electron chi connectivity index (χ0n) is 7.66. The van der Waals surface area contributed by atoms with Gasteiger partial charge in [-0.25, -0.2) is 0 Å². The predicted molar refractivity (Wildman–Crippen MR) is 53.9 cm³/mol. The van der Waals surface area contributed by atoms with Gasteiger partial charge in [-0.3, -0.25) is 4.79 Å². The highest BCUT2D eigenvalue weighted by atomic mass is 16.1. The Hall–Kier alpha value is -1.57. The van der Waals surface area contributed by atoms with Crippen LogP contribution in [0.2, 0.25) is 0 Å². The third-order valence-electron chi connectivity index (χ3n) is 1.84. The summed E-state index contributed by atoms with van der Waals surface area (Å²) in [5, 5.41) is 0. The molecule has 2 nitrogen and oxygen atoms in total. The van der Waals surface area contributed by atoms with Gasteiger partial charge in [0, 0.05) is 5.57 Å². The van der Waals surface area contributed by atoms with Crippen molar-refractivity contribution >= 4 is 12.0 Å². The lowest BCUT2D eigenvalue weighted by atomic mass is 10.1. The van der Waals surface area contributed by atoms with E-state index in [1.165, 1.54) is 0 Å². The molecule has 1 aromatic rings. The van der Waals surface area contributed by atoms with Crippen molar-refractivity contribution in [3.63, 3.8) is 0 Å². The van der Waals surface area contributed by atoms with E-state index in [4.69, 9.17) is 5.73 Å². The first-order valence-electron chi connectivity index (χ1n) is 4.29.